The molecule has 7 nitrogen and oxygen atoms in total. The largest absolute Gasteiger partial charge is 0.383 e. The SMILES string of the molecule is Cc1cnn(-c2nc(-n3cc(Cl)cn3)nc(N)c2Br)c1. The Bertz CT molecular complexity index is 779. The second kappa shape index (κ2) is 4.88. The first kappa shape index (κ1) is 13.1. The van der Waals surface area contributed by atoms with E-state index >= 15 is 0 Å². The van der Waals surface area contributed by atoms with E-state index < -0.39 is 0 Å². The third kappa shape index (κ3) is 2.27. The van der Waals surface area contributed by atoms with E-state index in [1.54, 1.807) is 17.1 Å². The van der Waals surface area contributed by atoms with E-state index in [1.165, 1.54) is 10.9 Å². The maximum Gasteiger partial charge on any atom is 0.254 e. The quantitative estimate of drug-likeness (QED) is 0.762. The van der Waals surface area contributed by atoms with Gasteiger partial charge in [-0.25, -0.2) is 9.36 Å². The standard InChI is InChI=1S/C11H9BrClN7/c1-6-2-15-19(4-6)10-8(12)9(14)17-11(18-10)20-5-7(13)3-16-20/h2-5H,1H3,(H2,14,17,18). The zero-order valence-electron chi connectivity index (χ0n) is 10.3. The first-order chi connectivity index (χ1) is 9.54. The number of nitrogen functional groups attached to an aromatic ring is 1. The van der Waals surface area contributed by atoms with Crippen molar-refractivity contribution < 1.29 is 0 Å². The summed E-state index contributed by atoms with van der Waals surface area (Å²) in [5, 5.41) is 8.76. The van der Waals surface area contributed by atoms with E-state index in [-0.39, 0.29) is 0 Å². The molecule has 3 heterocycles. The van der Waals surface area contributed by atoms with E-state index in [9.17, 15) is 0 Å². The number of aryl methyl sites for hydroxylation is 1. The van der Waals surface area contributed by atoms with Crippen LogP contribution in [0.25, 0.3) is 11.8 Å². The Kier molecular flexibility index (Phi) is 3.19. The number of halogens is 2. The van der Waals surface area contributed by atoms with Crippen LogP contribution in [0.4, 0.5) is 5.82 Å². The zero-order chi connectivity index (χ0) is 14.3. The normalized spacial score (nSPS) is 10.9. The molecule has 102 valence electrons. The van der Waals surface area contributed by atoms with Crippen molar-refractivity contribution in [3.63, 3.8) is 0 Å². The minimum absolute atomic E-state index is 0.296. The summed E-state index contributed by atoms with van der Waals surface area (Å²) in [4.78, 5) is 8.57. The molecule has 20 heavy (non-hydrogen) atoms. The summed E-state index contributed by atoms with van der Waals surface area (Å²) in [6.07, 6.45) is 6.67. The Labute approximate surface area is 127 Å². The smallest absolute Gasteiger partial charge is 0.254 e. The molecule has 3 aromatic heterocycles. The average Bonchev–Trinajstić information content (AvgIpc) is 3.01. The molecule has 9 heteroatoms. The highest BCUT2D eigenvalue weighted by Crippen LogP contribution is 2.25. The molecule has 0 fully saturated rings. The van der Waals surface area contributed by atoms with Crippen molar-refractivity contribution in [1.82, 2.24) is 29.5 Å². The maximum absolute atomic E-state index is 5.90. The average molecular weight is 355 g/mol. The fraction of sp³-hybridized carbons (Fsp3) is 0.0909. The number of rotatable bonds is 2. The van der Waals surface area contributed by atoms with Gasteiger partial charge < -0.3 is 5.73 Å². The van der Waals surface area contributed by atoms with Crippen molar-refractivity contribution in [3.8, 4) is 11.8 Å². The van der Waals surface area contributed by atoms with Crippen LogP contribution in [0.3, 0.4) is 0 Å². The van der Waals surface area contributed by atoms with E-state index in [1.807, 2.05) is 13.1 Å². The van der Waals surface area contributed by atoms with Crippen LogP contribution < -0.4 is 5.73 Å². The van der Waals surface area contributed by atoms with Crippen molar-refractivity contribution in [1.29, 1.82) is 0 Å². The number of hydrogen-bond acceptors (Lipinski definition) is 5. The molecule has 0 aliphatic carbocycles. The van der Waals surface area contributed by atoms with Crippen LogP contribution in [0.5, 0.6) is 0 Å². The van der Waals surface area contributed by atoms with Crippen LogP contribution in [-0.4, -0.2) is 29.5 Å². The summed E-state index contributed by atoms with van der Waals surface area (Å²) < 4.78 is 3.64. The summed E-state index contributed by atoms with van der Waals surface area (Å²) in [6, 6.07) is 0. The van der Waals surface area contributed by atoms with Crippen molar-refractivity contribution in [2.45, 2.75) is 6.92 Å². The van der Waals surface area contributed by atoms with Gasteiger partial charge in [-0.3, -0.25) is 0 Å². The molecular weight excluding hydrogens is 346 g/mol. The van der Waals surface area contributed by atoms with Crippen LogP contribution in [0, 0.1) is 6.92 Å². The second-order valence-electron chi connectivity index (χ2n) is 4.11. The van der Waals surface area contributed by atoms with Crippen molar-refractivity contribution in [2.24, 2.45) is 0 Å². The highest BCUT2D eigenvalue weighted by molar-refractivity contribution is 9.10. The number of nitrogens with two attached hydrogens (primary N) is 1. The number of anilines is 1. The Morgan fingerprint density at radius 3 is 2.50 bits per heavy atom. The summed E-state index contributed by atoms with van der Waals surface area (Å²) in [5.41, 5.74) is 6.91. The number of aromatic nitrogens is 6. The second-order valence-corrected chi connectivity index (χ2v) is 5.34. The minimum Gasteiger partial charge on any atom is -0.383 e. The number of nitrogens with zero attached hydrogens (tertiary/aromatic N) is 6. The molecule has 0 atom stereocenters. The van der Waals surface area contributed by atoms with Crippen molar-refractivity contribution in [2.75, 3.05) is 5.73 Å². The molecule has 0 saturated heterocycles. The molecule has 0 saturated carbocycles. The van der Waals surface area contributed by atoms with Gasteiger partial charge in [0.1, 0.15) is 10.3 Å². The molecule has 3 aromatic rings. The highest BCUT2D eigenvalue weighted by Gasteiger charge is 2.14. The van der Waals surface area contributed by atoms with E-state index in [4.69, 9.17) is 17.3 Å². The van der Waals surface area contributed by atoms with Crippen molar-refractivity contribution in [3.05, 3.63) is 39.8 Å². The number of hydrogen-bond donors (Lipinski definition) is 1. The molecule has 2 N–H and O–H groups in total. The van der Waals surface area contributed by atoms with Gasteiger partial charge in [-0.15, -0.1) is 0 Å². The van der Waals surface area contributed by atoms with Gasteiger partial charge in [-0.1, -0.05) is 11.6 Å². The molecule has 3 rings (SSSR count). The van der Waals surface area contributed by atoms with E-state index in [2.05, 4.69) is 36.1 Å². The Balaban J connectivity index is 2.17. The third-order valence-corrected chi connectivity index (χ3v) is 3.49. The van der Waals surface area contributed by atoms with Crippen LogP contribution >= 0.6 is 27.5 Å². The van der Waals surface area contributed by atoms with Gasteiger partial charge in [0.05, 0.1) is 23.6 Å². The highest BCUT2D eigenvalue weighted by atomic mass is 79.9. The summed E-state index contributed by atoms with van der Waals surface area (Å²) in [6.45, 7) is 1.94. The fourth-order valence-corrected chi connectivity index (χ4v) is 2.13. The van der Waals surface area contributed by atoms with Crippen molar-refractivity contribution >= 4 is 33.3 Å². The van der Waals surface area contributed by atoms with Gasteiger partial charge in [-0.2, -0.15) is 20.2 Å². The molecule has 0 unspecified atom stereocenters. The van der Waals surface area contributed by atoms with Gasteiger partial charge in [0.15, 0.2) is 5.82 Å². The predicted octanol–water partition coefficient (Wildman–Crippen LogP) is 2.15. The molecule has 0 spiro atoms. The fourth-order valence-electron chi connectivity index (χ4n) is 1.63. The minimum atomic E-state index is 0.296. The summed E-state index contributed by atoms with van der Waals surface area (Å²) >= 11 is 9.22. The lowest BCUT2D eigenvalue weighted by Crippen LogP contribution is -2.10. The monoisotopic (exact) mass is 353 g/mol. The lowest BCUT2D eigenvalue weighted by molar-refractivity contribution is 0.773. The Hall–Kier alpha value is -1.93. The molecule has 0 aliphatic heterocycles. The zero-order valence-corrected chi connectivity index (χ0v) is 12.7. The predicted molar refractivity (Wildman–Crippen MR) is 78.1 cm³/mol. The van der Waals surface area contributed by atoms with Crippen LogP contribution in [0.2, 0.25) is 5.02 Å². The van der Waals surface area contributed by atoms with E-state index in [0.717, 1.165) is 5.56 Å². The molecular formula is C11H9BrClN7. The van der Waals surface area contributed by atoms with Gasteiger partial charge in [0.2, 0.25) is 0 Å². The first-order valence-corrected chi connectivity index (χ1v) is 6.77. The topological polar surface area (TPSA) is 87.4 Å². The molecule has 0 radical (unpaired) electrons. The first-order valence-electron chi connectivity index (χ1n) is 5.60. The van der Waals surface area contributed by atoms with Crippen LogP contribution in [-0.2, 0) is 0 Å². The van der Waals surface area contributed by atoms with Crippen LogP contribution in [0.1, 0.15) is 5.56 Å². The third-order valence-electron chi connectivity index (χ3n) is 2.53. The molecule has 0 aliphatic rings. The van der Waals surface area contributed by atoms with Crippen LogP contribution in [0.15, 0.2) is 29.3 Å². The molecule has 0 aromatic carbocycles. The lowest BCUT2D eigenvalue weighted by Gasteiger charge is -2.08. The summed E-state index contributed by atoms with van der Waals surface area (Å²) in [7, 11) is 0. The van der Waals surface area contributed by atoms with E-state index in [0.29, 0.717) is 27.1 Å². The van der Waals surface area contributed by atoms with Gasteiger partial charge in [-0.05, 0) is 28.4 Å². The Morgan fingerprint density at radius 2 is 1.90 bits per heavy atom. The van der Waals surface area contributed by atoms with Gasteiger partial charge >= 0.3 is 0 Å². The maximum atomic E-state index is 5.90. The van der Waals surface area contributed by atoms with Gasteiger partial charge in [0, 0.05) is 6.20 Å². The molecule has 0 amide bonds. The summed E-state index contributed by atoms with van der Waals surface area (Å²) in [5.74, 6) is 1.15. The molecule has 0 bridgehead atoms. The Morgan fingerprint density at radius 1 is 1.15 bits per heavy atom. The van der Waals surface area contributed by atoms with Gasteiger partial charge in [0.25, 0.3) is 5.95 Å². The lowest BCUT2D eigenvalue weighted by atomic mass is 10.4.